The molecular weight excluding hydrogens is 150 g/mol. The van der Waals surface area contributed by atoms with Crippen molar-refractivity contribution in [3.05, 3.63) is 12.7 Å². The zero-order valence-corrected chi connectivity index (χ0v) is 5.82. The Morgan fingerprint density at radius 1 is 1.73 bits per heavy atom. The quantitative estimate of drug-likeness (QED) is 0.316. The molecular formula is C6H9NO4. The lowest BCUT2D eigenvalue weighted by Gasteiger charge is -2.04. The van der Waals surface area contributed by atoms with Crippen LogP contribution >= 0.6 is 0 Å². The van der Waals surface area contributed by atoms with Crippen LogP contribution in [0, 0.1) is 0 Å². The van der Waals surface area contributed by atoms with Gasteiger partial charge in [0.1, 0.15) is 6.61 Å². The van der Waals surface area contributed by atoms with Crippen molar-refractivity contribution < 1.29 is 19.4 Å². The molecule has 0 heterocycles. The lowest BCUT2D eigenvalue weighted by atomic mass is 10.3. The van der Waals surface area contributed by atoms with Gasteiger partial charge in [0, 0.05) is 0 Å². The van der Waals surface area contributed by atoms with Gasteiger partial charge in [0.05, 0.1) is 0 Å². The fourth-order valence-electron chi connectivity index (χ4n) is 0.332. The van der Waals surface area contributed by atoms with E-state index in [9.17, 15) is 9.59 Å². The topological polar surface area (TPSA) is 89.6 Å². The highest BCUT2D eigenvalue weighted by Gasteiger charge is 2.21. The molecule has 0 aliphatic carbocycles. The molecule has 0 radical (unpaired) electrons. The highest BCUT2D eigenvalue weighted by molar-refractivity contribution is 5.97. The first-order chi connectivity index (χ1) is 5.09. The molecule has 1 unspecified atom stereocenters. The second kappa shape index (κ2) is 4.45. The van der Waals surface area contributed by atoms with Crippen LogP contribution in [0.1, 0.15) is 0 Å². The Labute approximate surface area is 63.4 Å². The molecule has 11 heavy (non-hydrogen) atoms. The van der Waals surface area contributed by atoms with Gasteiger partial charge in [-0.1, -0.05) is 12.7 Å². The number of carbonyl (C=O) groups is 2. The van der Waals surface area contributed by atoms with E-state index >= 15 is 0 Å². The molecule has 62 valence electrons. The average molecular weight is 159 g/mol. The third kappa shape index (κ3) is 3.36. The van der Waals surface area contributed by atoms with Gasteiger partial charge < -0.3 is 15.6 Å². The van der Waals surface area contributed by atoms with E-state index in [4.69, 9.17) is 10.8 Å². The third-order valence-corrected chi connectivity index (χ3v) is 0.863. The molecule has 0 rings (SSSR count). The summed E-state index contributed by atoms with van der Waals surface area (Å²) >= 11 is 0. The summed E-state index contributed by atoms with van der Waals surface area (Å²) < 4.78 is 4.35. The average Bonchev–Trinajstić information content (AvgIpc) is 1.98. The maximum atomic E-state index is 10.6. The number of aliphatic carboxylic acids is 1. The zero-order chi connectivity index (χ0) is 8.85. The maximum Gasteiger partial charge on any atom is 0.334 e. The summed E-state index contributed by atoms with van der Waals surface area (Å²) in [7, 11) is 0. The first kappa shape index (κ1) is 9.64. The van der Waals surface area contributed by atoms with E-state index in [1.165, 1.54) is 6.08 Å². The Balaban J connectivity index is 3.82. The predicted octanol–water partition coefficient (Wildman–Crippen LogP) is -0.872. The highest BCUT2D eigenvalue weighted by Crippen LogP contribution is 1.85. The number of ether oxygens (including phenoxy) is 1. The summed E-state index contributed by atoms with van der Waals surface area (Å²) in [5, 5.41) is 8.20. The van der Waals surface area contributed by atoms with Gasteiger partial charge in [0.25, 0.3) is 0 Å². The molecule has 0 aromatic carbocycles. The summed E-state index contributed by atoms with van der Waals surface area (Å²) in [4.78, 5) is 20.6. The van der Waals surface area contributed by atoms with Gasteiger partial charge in [-0.25, -0.2) is 9.59 Å². The van der Waals surface area contributed by atoms with Crippen LogP contribution in [0.3, 0.4) is 0 Å². The summed E-state index contributed by atoms with van der Waals surface area (Å²) in [5.74, 6) is -2.36. The monoisotopic (exact) mass is 159 g/mol. The van der Waals surface area contributed by atoms with Crippen molar-refractivity contribution in [3.63, 3.8) is 0 Å². The van der Waals surface area contributed by atoms with Gasteiger partial charge >= 0.3 is 11.9 Å². The molecule has 5 heteroatoms. The van der Waals surface area contributed by atoms with E-state index in [1.807, 2.05) is 0 Å². The molecule has 0 aliphatic heterocycles. The molecule has 0 aromatic heterocycles. The molecule has 3 N–H and O–H groups in total. The number of carbonyl (C=O) groups excluding carboxylic acids is 1. The number of esters is 1. The van der Waals surface area contributed by atoms with Crippen molar-refractivity contribution in [2.45, 2.75) is 6.04 Å². The highest BCUT2D eigenvalue weighted by atomic mass is 16.5. The minimum absolute atomic E-state index is 0.0280. The second-order valence-electron chi connectivity index (χ2n) is 1.73. The molecule has 0 saturated heterocycles. The molecule has 0 aliphatic rings. The minimum Gasteiger partial charge on any atom is -0.480 e. The van der Waals surface area contributed by atoms with Crippen LogP contribution in [-0.2, 0) is 14.3 Å². The van der Waals surface area contributed by atoms with E-state index in [0.717, 1.165) is 0 Å². The predicted molar refractivity (Wildman–Crippen MR) is 36.8 cm³/mol. The summed E-state index contributed by atoms with van der Waals surface area (Å²) in [5.41, 5.74) is 4.89. The number of carboxylic acid groups (broad SMARTS) is 1. The van der Waals surface area contributed by atoms with Gasteiger partial charge in [0.2, 0.25) is 6.04 Å². The lowest BCUT2D eigenvalue weighted by Crippen LogP contribution is -2.39. The number of nitrogens with two attached hydrogens (primary N) is 1. The smallest absolute Gasteiger partial charge is 0.334 e. The first-order valence-electron chi connectivity index (χ1n) is 2.85. The largest absolute Gasteiger partial charge is 0.480 e. The molecule has 0 amide bonds. The summed E-state index contributed by atoms with van der Waals surface area (Å²) in [6, 6.07) is -1.60. The van der Waals surface area contributed by atoms with Crippen molar-refractivity contribution in [1.82, 2.24) is 0 Å². The Morgan fingerprint density at radius 2 is 2.27 bits per heavy atom. The van der Waals surface area contributed by atoms with Crippen LogP contribution in [0.25, 0.3) is 0 Å². The first-order valence-corrected chi connectivity index (χ1v) is 2.85. The fraction of sp³-hybridized carbons (Fsp3) is 0.333. The van der Waals surface area contributed by atoms with Crippen LogP contribution in [0.15, 0.2) is 12.7 Å². The Kier molecular flexibility index (Phi) is 3.90. The minimum atomic E-state index is -1.60. The van der Waals surface area contributed by atoms with Crippen LogP contribution in [0.2, 0.25) is 0 Å². The van der Waals surface area contributed by atoms with E-state index < -0.39 is 18.0 Å². The van der Waals surface area contributed by atoms with Crippen molar-refractivity contribution in [3.8, 4) is 0 Å². The summed E-state index contributed by atoms with van der Waals surface area (Å²) in [6.07, 6.45) is 1.33. The summed E-state index contributed by atoms with van der Waals surface area (Å²) in [6.45, 7) is 3.24. The molecule has 5 nitrogen and oxygen atoms in total. The fourth-order valence-corrected chi connectivity index (χ4v) is 0.332. The lowest BCUT2D eigenvalue weighted by molar-refractivity contribution is -0.152. The van der Waals surface area contributed by atoms with Gasteiger partial charge in [-0.05, 0) is 0 Å². The molecule has 0 bridgehead atoms. The zero-order valence-electron chi connectivity index (χ0n) is 5.82. The molecule has 0 spiro atoms. The third-order valence-electron chi connectivity index (χ3n) is 0.863. The molecule has 0 aromatic rings. The van der Waals surface area contributed by atoms with E-state index in [0.29, 0.717) is 0 Å². The maximum absolute atomic E-state index is 10.6. The number of rotatable bonds is 4. The molecule has 0 fully saturated rings. The van der Waals surface area contributed by atoms with Crippen LogP contribution < -0.4 is 5.73 Å². The van der Waals surface area contributed by atoms with Gasteiger partial charge in [-0.15, -0.1) is 0 Å². The van der Waals surface area contributed by atoms with Crippen molar-refractivity contribution in [2.75, 3.05) is 6.61 Å². The Hall–Kier alpha value is -1.36. The van der Waals surface area contributed by atoms with E-state index in [-0.39, 0.29) is 6.61 Å². The van der Waals surface area contributed by atoms with E-state index in [1.54, 1.807) is 0 Å². The number of carboxylic acids is 1. The second-order valence-corrected chi connectivity index (χ2v) is 1.73. The Bertz CT molecular complexity index is 177. The van der Waals surface area contributed by atoms with Crippen LogP contribution in [0.5, 0.6) is 0 Å². The number of hydrogen-bond acceptors (Lipinski definition) is 4. The van der Waals surface area contributed by atoms with Crippen LogP contribution in [-0.4, -0.2) is 29.7 Å². The van der Waals surface area contributed by atoms with Crippen molar-refractivity contribution in [1.29, 1.82) is 0 Å². The van der Waals surface area contributed by atoms with E-state index in [2.05, 4.69) is 11.3 Å². The van der Waals surface area contributed by atoms with Gasteiger partial charge in [-0.2, -0.15) is 0 Å². The Morgan fingerprint density at radius 3 is 2.64 bits per heavy atom. The number of hydrogen-bond donors (Lipinski definition) is 2. The standard InChI is InChI=1S/C6H9NO4/c1-2-3-11-6(10)4(7)5(8)9/h2,4H,1,3,7H2,(H,8,9). The van der Waals surface area contributed by atoms with Gasteiger partial charge in [0.15, 0.2) is 0 Å². The SMILES string of the molecule is C=CCOC(=O)C(N)C(=O)O. The normalized spacial score (nSPS) is 11.7. The van der Waals surface area contributed by atoms with Crippen molar-refractivity contribution in [2.24, 2.45) is 5.73 Å². The molecule has 0 saturated carbocycles. The van der Waals surface area contributed by atoms with Crippen molar-refractivity contribution >= 4 is 11.9 Å². The molecule has 1 atom stereocenters. The van der Waals surface area contributed by atoms with Crippen LogP contribution in [0.4, 0.5) is 0 Å². The van der Waals surface area contributed by atoms with Gasteiger partial charge in [-0.3, -0.25) is 0 Å².